The van der Waals surface area contributed by atoms with Crippen molar-refractivity contribution in [2.75, 3.05) is 32.8 Å². The van der Waals surface area contributed by atoms with Gasteiger partial charge in [-0.05, 0) is 25.3 Å². The molecule has 2 saturated heterocycles. The van der Waals surface area contributed by atoms with E-state index in [1.165, 1.54) is 19.4 Å². The standard InChI is InChI=1S/C13H26N4O/c1-10(2)6-15-13(14)16-7-12-8-17-5-3-4-11(17)9-18-12/h10-12H,3-9H2,1-2H3,(H3,14,15,16). The molecular formula is C13H26N4O. The summed E-state index contributed by atoms with van der Waals surface area (Å²) in [6, 6.07) is 0.660. The van der Waals surface area contributed by atoms with Crippen molar-refractivity contribution in [3.63, 3.8) is 0 Å². The highest BCUT2D eigenvalue weighted by molar-refractivity contribution is 5.77. The third-order valence-corrected chi connectivity index (χ3v) is 3.60. The third kappa shape index (κ3) is 3.85. The van der Waals surface area contributed by atoms with Crippen molar-refractivity contribution in [1.29, 1.82) is 0 Å². The van der Waals surface area contributed by atoms with Crippen molar-refractivity contribution in [1.82, 2.24) is 10.2 Å². The molecule has 2 aliphatic heterocycles. The van der Waals surface area contributed by atoms with Crippen molar-refractivity contribution >= 4 is 5.96 Å². The van der Waals surface area contributed by atoms with E-state index >= 15 is 0 Å². The van der Waals surface area contributed by atoms with Gasteiger partial charge in [0.05, 0.1) is 12.7 Å². The summed E-state index contributed by atoms with van der Waals surface area (Å²) in [6.45, 7) is 8.92. The SMILES string of the molecule is CC(C)CN=C(N)NCC1CN2CCCC2CO1. The van der Waals surface area contributed by atoms with Gasteiger partial charge in [-0.3, -0.25) is 9.89 Å². The molecule has 2 unspecified atom stereocenters. The molecule has 2 atom stereocenters. The molecule has 0 radical (unpaired) electrons. The Hall–Kier alpha value is -0.810. The number of hydrogen-bond donors (Lipinski definition) is 2. The molecule has 0 saturated carbocycles. The van der Waals surface area contributed by atoms with Gasteiger partial charge in [-0.1, -0.05) is 13.8 Å². The third-order valence-electron chi connectivity index (χ3n) is 3.60. The normalized spacial score (nSPS) is 29.6. The Balaban J connectivity index is 1.69. The first-order chi connectivity index (χ1) is 8.65. The summed E-state index contributed by atoms with van der Waals surface area (Å²) in [5, 5.41) is 3.16. The van der Waals surface area contributed by atoms with E-state index in [0.29, 0.717) is 17.9 Å². The molecule has 2 fully saturated rings. The highest BCUT2D eigenvalue weighted by Crippen LogP contribution is 2.22. The molecule has 2 heterocycles. The second-order valence-electron chi connectivity index (χ2n) is 5.75. The van der Waals surface area contributed by atoms with Gasteiger partial charge in [0.15, 0.2) is 5.96 Å². The molecule has 0 aliphatic carbocycles. The summed E-state index contributed by atoms with van der Waals surface area (Å²) >= 11 is 0. The Bertz CT molecular complexity index is 293. The lowest BCUT2D eigenvalue weighted by atomic mass is 10.2. The van der Waals surface area contributed by atoms with Crippen molar-refractivity contribution in [2.45, 2.75) is 38.8 Å². The Labute approximate surface area is 110 Å². The van der Waals surface area contributed by atoms with E-state index in [0.717, 1.165) is 26.2 Å². The first-order valence-electron chi connectivity index (χ1n) is 7.04. The van der Waals surface area contributed by atoms with Crippen molar-refractivity contribution in [3.05, 3.63) is 0 Å². The minimum atomic E-state index is 0.243. The number of fused-ring (bicyclic) bond motifs is 1. The van der Waals surface area contributed by atoms with E-state index in [-0.39, 0.29) is 6.10 Å². The molecule has 0 amide bonds. The van der Waals surface area contributed by atoms with Crippen LogP contribution in [0.15, 0.2) is 4.99 Å². The summed E-state index contributed by atoms with van der Waals surface area (Å²) in [7, 11) is 0. The molecule has 0 bridgehead atoms. The highest BCUT2D eigenvalue weighted by Gasteiger charge is 2.31. The molecule has 104 valence electrons. The van der Waals surface area contributed by atoms with Crippen molar-refractivity contribution in [2.24, 2.45) is 16.6 Å². The van der Waals surface area contributed by atoms with Gasteiger partial charge in [-0.15, -0.1) is 0 Å². The van der Waals surface area contributed by atoms with Crippen LogP contribution in [0.2, 0.25) is 0 Å². The van der Waals surface area contributed by atoms with Crippen LogP contribution in [0.4, 0.5) is 0 Å². The number of nitrogens with two attached hydrogens (primary N) is 1. The second-order valence-corrected chi connectivity index (χ2v) is 5.75. The van der Waals surface area contributed by atoms with Crippen LogP contribution in [0.5, 0.6) is 0 Å². The van der Waals surface area contributed by atoms with Crippen LogP contribution in [0.1, 0.15) is 26.7 Å². The summed E-state index contributed by atoms with van der Waals surface area (Å²) in [6.07, 6.45) is 2.84. The average Bonchev–Trinajstić information content (AvgIpc) is 2.81. The van der Waals surface area contributed by atoms with Gasteiger partial charge in [0.1, 0.15) is 0 Å². The summed E-state index contributed by atoms with van der Waals surface area (Å²) < 4.78 is 5.85. The van der Waals surface area contributed by atoms with Gasteiger partial charge >= 0.3 is 0 Å². The molecular weight excluding hydrogens is 228 g/mol. The van der Waals surface area contributed by atoms with E-state index in [9.17, 15) is 0 Å². The van der Waals surface area contributed by atoms with Crippen LogP contribution < -0.4 is 11.1 Å². The largest absolute Gasteiger partial charge is 0.373 e. The zero-order valence-electron chi connectivity index (χ0n) is 11.6. The molecule has 5 heteroatoms. The van der Waals surface area contributed by atoms with E-state index in [1.807, 2.05) is 0 Å². The topological polar surface area (TPSA) is 62.9 Å². The van der Waals surface area contributed by atoms with Crippen molar-refractivity contribution < 1.29 is 4.74 Å². The predicted molar refractivity (Wildman–Crippen MR) is 73.7 cm³/mol. The first kappa shape index (κ1) is 13.6. The molecule has 3 N–H and O–H groups in total. The summed E-state index contributed by atoms with van der Waals surface area (Å²) in [5.41, 5.74) is 5.82. The molecule has 0 aromatic heterocycles. The first-order valence-corrected chi connectivity index (χ1v) is 7.04. The summed E-state index contributed by atoms with van der Waals surface area (Å²) in [5.74, 6) is 1.08. The molecule has 18 heavy (non-hydrogen) atoms. The van der Waals surface area contributed by atoms with Gasteiger partial charge in [0, 0.05) is 25.7 Å². The number of nitrogens with zero attached hydrogens (tertiary/aromatic N) is 2. The van der Waals surface area contributed by atoms with Gasteiger partial charge in [-0.2, -0.15) is 0 Å². The number of aliphatic imine (C=N–C) groups is 1. The van der Waals surface area contributed by atoms with Crippen molar-refractivity contribution in [3.8, 4) is 0 Å². The highest BCUT2D eigenvalue weighted by atomic mass is 16.5. The number of ether oxygens (including phenoxy) is 1. The van der Waals surface area contributed by atoms with E-state index in [4.69, 9.17) is 10.5 Å². The molecule has 0 spiro atoms. The second kappa shape index (κ2) is 6.38. The van der Waals surface area contributed by atoms with Crippen LogP contribution in [0, 0.1) is 5.92 Å². The van der Waals surface area contributed by atoms with E-state index in [1.54, 1.807) is 0 Å². The van der Waals surface area contributed by atoms with E-state index < -0.39 is 0 Å². The minimum absolute atomic E-state index is 0.243. The average molecular weight is 254 g/mol. The zero-order valence-corrected chi connectivity index (χ0v) is 11.6. The molecule has 2 aliphatic rings. The number of hydrogen-bond acceptors (Lipinski definition) is 3. The molecule has 2 rings (SSSR count). The predicted octanol–water partition coefficient (Wildman–Crippen LogP) is 0.410. The minimum Gasteiger partial charge on any atom is -0.373 e. The zero-order chi connectivity index (χ0) is 13.0. The van der Waals surface area contributed by atoms with E-state index in [2.05, 4.69) is 29.1 Å². The van der Waals surface area contributed by atoms with Gasteiger partial charge in [0.2, 0.25) is 0 Å². The lowest BCUT2D eigenvalue weighted by Crippen LogP contribution is -2.50. The maximum Gasteiger partial charge on any atom is 0.188 e. The fourth-order valence-corrected chi connectivity index (χ4v) is 2.56. The Kier molecular flexibility index (Phi) is 4.83. The van der Waals surface area contributed by atoms with Gasteiger partial charge in [0.25, 0.3) is 0 Å². The number of nitrogens with one attached hydrogen (secondary N) is 1. The van der Waals surface area contributed by atoms with Crippen LogP contribution in [0.3, 0.4) is 0 Å². The quantitative estimate of drug-likeness (QED) is 0.563. The smallest absolute Gasteiger partial charge is 0.188 e. The fraction of sp³-hybridized carbons (Fsp3) is 0.923. The maximum atomic E-state index is 5.85. The monoisotopic (exact) mass is 254 g/mol. The molecule has 0 aromatic carbocycles. The van der Waals surface area contributed by atoms with Crippen LogP contribution in [-0.4, -0.2) is 55.8 Å². The van der Waals surface area contributed by atoms with Crippen LogP contribution >= 0.6 is 0 Å². The fourth-order valence-electron chi connectivity index (χ4n) is 2.56. The Morgan fingerprint density at radius 1 is 1.56 bits per heavy atom. The molecule has 5 nitrogen and oxygen atoms in total. The number of morpholine rings is 1. The lowest BCUT2D eigenvalue weighted by Gasteiger charge is -2.35. The summed E-state index contributed by atoms with van der Waals surface area (Å²) in [4.78, 5) is 6.83. The Morgan fingerprint density at radius 2 is 2.39 bits per heavy atom. The van der Waals surface area contributed by atoms with Gasteiger partial charge < -0.3 is 15.8 Å². The van der Waals surface area contributed by atoms with Crippen LogP contribution in [0.25, 0.3) is 0 Å². The molecule has 0 aromatic rings. The Morgan fingerprint density at radius 3 is 3.17 bits per heavy atom. The maximum absolute atomic E-state index is 5.85. The number of rotatable bonds is 4. The lowest BCUT2D eigenvalue weighted by molar-refractivity contribution is -0.0452. The van der Waals surface area contributed by atoms with Gasteiger partial charge in [-0.25, -0.2) is 0 Å². The number of guanidine groups is 1. The van der Waals surface area contributed by atoms with Crippen LogP contribution in [-0.2, 0) is 4.74 Å².